The molecule has 0 aliphatic rings. The van der Waals surface area contributed by atoms with Gasteiger partial charge in [-0.2, -0.15) is 0 Å². The number of rotatable bonds is 10. The molecule has 0 aromatic heterocycles. The zero-order chi connectivity index (χ0) is 17.2. The van der Waals surface area contributed by atoms with Crippen LogP contribution < -0.4 is 15.4 Å². The normalized spacial score (nSPS) is 11.9. The largest absolute Gasteiger partial charge is 0.495 e. The summed E-state index contributed by atoms with van der Waals surface area (Å²) in [5.74, 6) is 1.29. The summed E-state index contributed by atoms with van der Waals surface area (Å²) in [5.41, 5.74) is 7.71. The highest BCUT2D eigenvalue weighted by atomic mass is 35.5. The van der Waals surface area contributed by atoms with Crippen molar-refractivity contribution in [3.63, 3.8) is 0 Å². The van der Waals surface area contributed by atoms with Crippen LogP contribution in [0.25, 0.3) is 0 Å². The van der Waals surface area contributed by atoms with E-state index in [1.807, 2.05) is 18.2 Å². The van der Waals surface area contributed by atoms with Crippen molar-refractivity contribution in [1.29, 1.82) is 0 Å². The molecule has 7 heteroatoms. The molecule has 2 N–H and O–H groups in total. The molecule has 0 saturated heterocycles. The van der Waals surface area contributed by atoms with E-state index in [9.17, 15) is 4.79 Å². The highest BCUT2D eigenvalue weighted by Crippen LogP contribution is 2.30. The van der Waals surface area contributed by atoms with Crippen LogP contribution in [0.5, 0.6) is 5.75 Å². The average Bonchev–Trinajstić information content (AvgIpc) is 2.54. The van der Waals surface area contributed by atoms with Crippen LogP contribution in [-0.4, -0.2) is 50.6 Å². The van der Waals surface area contributed by atoms with E-state index in [4.69, 9.17) is 38.4 Å². The number of benzene rings is 1. The Morgan fingerprint density at radius 3 is 2.48 bits per heavy atom. The molecule has 0 bridgehead atoms. The fraction of sp³-hybridized carbons (Fsp3) is 0.562. The van der Waals surface area contributed by atoms with Crippen LogP contribution in [0, 0.1) is 0 Å². The summed E-state index contributed by atoms with van der Waals surface area (Å²) in [7, 11) is 1.61. The Hall–Kier alpha value is -1.17. The van der Waals surface area contributed by atoms with Crippen LogP contribution in [0.4, 0.5) is 5.69 Å². The van der Waals surface area contributed by atoms with E-state index in [-0.39, 0.29) is 0 Å². The number of nitrogens with zero attached hydrogens (tertiary/aromatic N) is 1. The van der Waals surface area contributed by atoms with Crippen LogP contribution in [0.2, 0.25) is 0 Å². The van der Waals surface area contributed by atoms with Gasteiger partial charge >= 0.3 is 5.97 Å². The van der Waals surface area contributed by atoms with Gasteiger partial charge < -0.3 is 20.1 Å². The maximum absolute atomic E-state index is 11.7. The van der Waals surface area contributed by atoms with Gasteiger partial charge in [0.05, 0.1) is 19.4 Å². The maximum atomic E-state index is 11.7. The van der Waals surface area contributed by atoms with E-state index in [1.165, 1.54) is 0 Å². The predicted molar refractivity (Wildman–Crippen MR) is 95.0 cm³/mol. The highest BCUT2D eigenvalue weighted by Gasteiger charge is 2.18. The Labute approximate surface area is 147 Å². The number of hydrogen-bond donors (Lipinski definition) is 1. The number of anilines is 1. The Balaban J connectivity index is 2.99. The van der Waals surface area contributed by atoms with Crippen molar-refractivity contribution in [3.05, 3.63) is 23.8 Å². The number of nitrogens with two attached hydrogens (primary N) is 1. The lowest BCUT2D eigenvalue weighted by molar-refractivity contribution is -0.144. The molecule has 1 aromatic rings. The van der Waals surface area contributed by atoms with Crippen molar-refractivity contribution < 1.29 is 14.3 Å². The number of carbonyl (C=O) groups excluding carboxylic acids is 1. The van der Waals surface area contributed by atoms with Crippen LogP contribution in [-0.2, 0) is 16.0 Å². The summed E-state index contributed by atoms with van der Waals surface area (Å²) in [6.45, 7) is 3.38. The van der Waals surface area contributed by atoms with Crippen molar-refractivity contribution in [2.24, 2.45) is 5.73 Å². The minimum atomic E-state index is -0.689. The first-order valence-corrected chi connectivity index (χ1v) is 8.60. The second-order valence-corrected chi connectivity index (χ2v) is 5.69. The van der Waals surface area contributed by atoms with E-state index in [2.05, 4.69) is 4.90 Å². The van der Waals surface area contributed by atoms with E-state index >= 15 is 0 Å². The van der Waals surface area contributed by atoms with Crippen LogP contribution in [0.15, 0.2) is 18.2 Å². The Morgan fingerprint density at radius 1 is 1.30 bits per heavy atom. The molecule has 1 unspecified atom stereocenters. The molecule has 1 aromatic carbocycles. The van der Waals surface area contributed by atoms with Crippen LogP contribution in [0.1, 0.15) is 12.5 Å². The summed E-state index contributed by atoms with van der Waals surface area (Å²) in [6, 6.07) is 5.02. The third-order valence-corrected chi connectivity index (χ3v) is 3.68. The van der Waals surface area contributed by atoms with Gasteiger partial charge in [-0.1, -0.05) is 6.07 Å². The van der Waals surface area contributed by atoms with Gasteiger partial charge in [-0.05, 0) is 31.0 Å². The number of esters is 1. The lowest BCUT2D eigenvalue weighted by Crippen LogP contribution is -2.34. The molecule has 0 spiro atoms. The molecule has 1 rings (SSSR count). The standard InChI is InChI=1S/C16H24Cl2N2O3/c1-3-23-16(21)13(19)10-12-4-5-15(22-2)14(11-12)20(8-6-17)9-7-18/h4-5,11,13H,3,6-10,19H2,1-2H3. The molecule has 130 valence electrons. The second-order valence-electron chi connectivity index (χ2n) is 4.93. The van der Waals surface area contributed by atoms with E-state index < -0.39 is 12.0 Å². The zero-order valence-corrected chi connectivity index (χ0v) is 15.1. The predicted octanol–water partition coefficient (Wildman–Crippen LogP) is 2.41. The molecule has 0 aliphatic heterocycles. The smallest absolute Gasteiger partial charge is 0.323 e. The third kappa shape index (κ3) is 6.09. The van der Waals surface area contributed by atoms with Crippen LogP contribution >= 0.6 is 23.2 Å². The second kappa shape index (κ2) is 10.6. The molecule has 0 amide bonds. The summed E-state index contributed by atoms with van der Waals surface area (Å²) in [4.78, 5) is 13.7. The van der Waals surface area contributed by atoms with Crippen molar-refractivity contribution in [3.8, 4) is 5.75 Å². The minimum absolute atomic E-state index is 0.319. The molecule has 0 heterocycles. The number of carbonyl (C=O) groups is 1. The average molecular weight is 363 g/mol. The van der Waals surface area contributed by atoms with Crippen molar-refractivity contribution in [2.75, 3.05) is 43.5 Å². The summed E-state index contributed by atoms with van der Waals surface area (Å²) < 4.78 is 10.4. The van der Waals surface area contributed by atoms with Crippen molar-refractivity contribution in [2.45, 2.75) is 19.4 Å². The summed E-state index contributed by atoms with van der Waals surface area (Å²) in [5, 5.41) is 0. The van der Waals surface area contributed by atoms with Gasteiger partial charge in [0, 0.05) is 24.8 Å². The number of halogens is 2. The summed E-state index contributed by atoms with van der Waals surface area (Å²) in [6.07, 6.45) is 0.394. The van der Waals surface area contributed by atoms with Gasteiger partial charge in [0.25, 0.3) is 0 Å². The Morgan fingerprint density at radius 2 is 1.96 bits per heavy atom. The number of methoxy groups -OCH3 is 1. The molecule has 0 aliphatic carbocycles. The lowest BCUT2D eigenvalue weighted by Gasteiger charge is -2.25. The molecule has 23 heavy (non-hydrogen) atoms. The SMILES string of the molecule is CCOC(=O)C(N)Cc1ccc(OC)c(N(CCCl)CCCl)c1. The van der Waals surface area contributed by atoms with E-state index in [0.29, 0.717) is 37.9 Å². The van der Waals surface area contributed by atoms with Gasteiger partial charge in [0.2, 0.25) is 0 Å². The van der Waals surface area contributed by atoms with Gasteiger partial charge in [0.1, 0.15) is 11.8 Å². The Bertz CT molecular complexity index is 494. The molecule has 0 fully saturated rings. The first-order chi connectivity index (χ1) is 11.1. The van der Waals surface area contributed by atoms with Crippen molar-refractivity contribution >= 4 is 34.9 Å². The quantitative estimate of drug-likeness (QED) is 0.511. The zero-order valence-electron chi connectivity index (χ0n) is 13.6. The fourth-order valence-corrected chi connectivity index (χ4v) is 2.66. The molecule has 1 atom stereocenters. The first kappa shape index (κ1) is 19.9. The monoisotopic (exact) mass is 362 g/mol. The maximum Gasteiger partial charge on any atom is 0.323 e. The molecular formula is C16H24Cl2N2O3. The van der Waals surface area contributed by atoms with Gasteiger partial charge in [-0.25, -0.2) is 0 Å². The Kier molecular flexibility index (Phi) is 9.14. The van der Waals surface area contributed by atoms with Gasteiger partial charge in [-0.3, -0.25) is 4.79 Å². The van der Waals surface area contributed by atoms with Gasteiger partial charge in [0.15, 0.2) is 0 Å². The molecule has 5 nitrogen and oxygen atoms in total. The topological polar surface area (TPSA) is 64.8 Å². The first-order valence-electron chi connectivity index (χ1n) is 7.53. The lowest BCUT2D eigenvalue weighted by atomic mass is 10.0. The highest BCUT2D eigenvalue weighted by molar-refractivity contribution is 6.18. The van der Waals surface area contributed by atoms with Gasteiger partial charge in [-0.15, -0.1) is 23.2 Å². The molecule has 0 saturated carbocycles. The van der Waals surface area contributed by atoms with E-state index in [1.54, 1.807) is 14.0 Å². The molecule has 0 radical (unpaired) electrons. The third-order valence-electron chi connectivity index (χ3n) is 3.34. The van der Waals surface area contributed by atoms with E-state index in [0.717, 1.165) is 17.0 Å². The minimum Gasteiger partial charge on any atom is -0.495 e. The number of ether oxygens (including phenoxy) is 2. The molecular weight excluding hydrogens is 339 g/mol. The fourth-order valence-electron chi connectivity index (χ4n) is 2.25. The van der Waals surface area contributed by atoms with Crippen LogP contribution in [0.3, 0.4) is 0 Å². The number of hydrogen-bond acceptors (Lipinski definition) is 5. The summed E-state index contributed by atoms with van der Waals surface area (Å²) >= 11 is 11.7. The number of alkyl halides is 2. The van der Waals surface area contributed by atoms with Crippen molar-refractivity contribution in [1.82, 2.24) is 0 Å².